The van der Waals surface area contributed by atoms with Crippen LogP contribution in [0.4, 0.5) is 0 Å². The van der Waals surface area contributed by atoms with Crippen molar-refractivity contribution in [3.8, 4) is 0 Å². The molecule has 0 saturated carbocycles. The van der Waals surface area contributed by atoms with Gasteiger partial charge in [0, 0.05) is 11.8 Å². The highest BCUT2D eigenvalue weighted by Crippen LogP contribution is 2.42. The SMILES string of the molecule is CCc1ccc([C](c2ccc(CC)cc2)C(c2cccc(CC)c2)c2cccc(CC)c2)cc1. The molecule has 0 aliphatic heterocycles. The second-order valence-corrected chi connectivity index (χ2v) is 9.14. The summed E-state index contributed by atoms with van der Waals surface area (Å²) in [6.45, 7) is 8.92. The average Bonchev–Trinajstić information content (AvgIpc) is 2.92. The smallest absolute Gasteiger partial charge is 0.0458 e. The molecule has 0 aromatic heterocycles. The Balaban J connectivity index is 1.95. The predicted octanol–water partition coefficient (Wildman–Crippen LogP) is 8.74. The molecule has 4 rings (SSSR count). The summed E-state index contributed by atoms with van der Waals surface area (Å²) < 4.78 is 0. The quantitative estimate of drug-likeness (QED) is 0.241. The second-order valence-electron chi connectivity index (χ2n) is 9.14. The molecule has 0 heterocycles. The highest BCUT2D eigenvalue weighted by atomic mass is 14.3. The monoisotopic (exact) mass is 445 g/mol. The van der Waals surface area contributed by atoms with E-state index in [2.05, 4.69) is 125 Å². The number of benzene rings is 4. The van der Waals surface area contributed by atoms with Crippen molar-refractivity contribution in [2.24, 2.45) is 0 Å². The van der Waals surface area contributed by atoms with E-state index in [1.165, 1.54) is 50.4 Å². The molecule has 0 saturated heterocycles. The fourth-order valence-corrected chi connectivity index (χ4v) is 4.85. The normalized spacial score (nSPS) is 11.4. The third-order valence-corrected chi connectivity index (χ3v) is 7.02. The zero-order chi connectivity index (χ0) is 23.9. The summed E-state index contributed by atoms with van der Waals surface area (Å²) in [7, 11) is 0. The van der Waals surface area contributed by atoms with Gasteiger partial charge >= 0.3 is 0 Å². The molecule has 0 heteroatoms. The van der Waals surface area contributed by atoms with E-state index >= 15 is 0 Å². The topological polar surface area (TPSA) is 0 Å². The lowest BCUT2D eigenvalue weighted by Crippen LogP contribution is -2.16. The van der Waals surface area contributed by atoms with Crippen molar-refractivity contribution < 1.29 is 0 Å². The molecular formula is C34H37. The highest BCUT2D eigenvalue weighted by Gasteiger charge is 2.29. The van der Waals surface area contributed by atoms with Gasteiger partial charge in [0.25, 0.3) is 0 Å². The van der Waals surface area contributed by atoms with Gasteiger partial charge in [-0.1, -0.05) is 125 Å². The maximum atomic E-state index is 2.41. The van der Waals surface area contributed by atoms with Gasteiger partial charge in [-0.15, -0.1) is 0 Å². The van der Waals surface area contributed by atoms with Crippen LogP contribution in [0.15, 0.2) is 97.1 Å². The van der Waals surface area contributed by atoms with E-state index in [0.29, 0.717) is 0 Å². The molecule has 34 heavy (non-hydrogen) atoms. The Kier molecular flexibility index (Phi) is 8.01. The van der Waals surface area contributed by atoms with E-state index in [9.17, 15) is 0 Å². The Morgan fingerprint density at radius 2 is 0.853 bits per heavy atom. The van der Waals surface area contributed by atoms with E-state index in [1.807, 2.05) is 0 Å². The second kappa shape index (κ2) is 11.3. The summed E-state index contributed by atoms with van der Waals surface area (Å²) in [4.78, 5) is 0. The molecule has 0 nitrogen and oxygen atoms in total. The minimum absolute atomic E-state index is 0.165. The molecule has 0 unspecified atom stereocenters. The fraction of sp³-hybridized carbons (Fsp3) is 0.265. The lowest BCUT2D eigenvalue weighted by atomic mass is 9.73. The van der Waals surface area contributed by atoms with E-state index in [-0.39, 0.29) is 5.92 Å². The van der Waals surface area contributed by atoms with Gasteiger partial charge in [0.15, 0.2) is 0 Å². The van der Waals surface area contributed by atoms with Crippen molar-refractivity contribution >= 4 is 0 Å². The Hall–Kier alpha value is -3.12. The lowest BCUT2D eigenvalue weighted by molar-refractivity contribution is 0.861. The van der Waals surface area contributed by atoms with Crippen LogP contribution < -0.4 is 0 Å². The molecule has 0 aliphatic rings. The Labute approximate surface area is 206 Å². The Morgan fingerprint density at radius 1 is 0.471 bits per heavy atom. The first-order chi connectivity index (χ1) is 16.7. The first kappa shape index (κ1) is 24.0. The van der Waals surface area contributed by atoms with Crippen LogP contribution in [-0.2, 0) is 25.7 Å². The summed E-state index contributed by atoms with van der Waals surface area (Å²) in [5, 5.41) is 0. The molecule has 0 N–H and O–H groups in total. The van der Waals surface area contributed by atoms with Gasteiger partial charge in [0.05, 0.1) is 0 Å². The molecule has 0 atom stereocenters. The Morgan fingerprint density at radius 3 is 1.21 bits per heavy atom. The van der Waals surface area contributed by atoms with Crippen LogP contribution in [-0.4, -0.2) is 0 Å². The minimum Gasteiger partial charge on any atom is -0.0617 e. The fourth-order valence-electron chi connectivity index (χ4n) is 4.85. The number of aryl methyl sites for hydroxylation is 4. The van der Waals surface area contributed by atoms with Gasteiger partial charge in [-0.05, 0) is 70.2 Å². The van der Waals surface area contributed by atoms with E-state index in [1.54, 1.807) is 0 Å². The van der Waals surface area contributed by atoms with Crippen LogP contribution in [0, 0.1) is 5.92 Å². The van der Waals surface area contributed by atoms with Crippen molar-refractivity contribution in [3.63, 3.8) is 0 Å². The molecule has 0 amide bonds. The molecule has 4 aromatic rings. The maximum Gasteiger partial charge on any atom is 0.0458 e. The van der Waals surface area contributed by atoms with Gasteiger partial charge in [-0.3, -0.25) is 0 Å². The molecule has 0 aliphatic carbocycles. The largest absolute Gasteiger partial charge is 0.0617 e. The first-order valence-electron chi connectivity index (χ1n) is 12.9. The third kappa shape index (κ3) is 5.33. The number of rotatable bonds is 9. The van der Waals surface area contributed by atoms with Gasteiger partial charge < -0.3 is 0 Å². The summed E-state index contributed by atoms with van der Waals surface area (Å²) in [6, 6.07) is 36.8. The number of hydrogen-bond acceptors (Lipinski definition) is 0. The zero-order valence-corrected chi connectivity index (χ0v) is 21.1. The molecule has 173 valence electrons. The average molecular weight is 446 g/mol. The van der Waals surface area contributed by atoms with Crippen LogP contribution in [0.2, 0.25) is 0 Å². The van der Waals surface area contributed by atoms with Crippen molar-refractivity contribution in [2.75, 3.05) is 0 Å². The molecule has 0 spiro atoms. The van der Waals surface area contributed by atoms with Crippen LogP contribution >= 0.6 is 0 Å². The van der Waals surface area contributed by atoms with Crippen LogP contribution in [0.3, 0.4) is 0 Å². The first-order valence-corrected chi connectivity index (χ1v) is 12.9. The lowest BCUT2D eigenvalue weighted by Gasteiger charge is -2.30. The third-order valence-electron chi connectivity index (χ3n) is 7.02. The molecule has 4 aromatic carbocycles. The maximum absolute atomic E-state index is 2.41. The van der Waals surface area contributed by atoms with E-state index < -0.39 is 0 Å². The molecular weight excluding hydrogens is 408 g/mol. The van der Waals surface area contributed by atoms with E-state index in [0.717, 1.165) is 25.7 Å². The number of hydrogen-bond donors (Lipinski definition) is 0. The van der Waals surface area contributed by atoms with Crippen molar-refractivity contribution in [1.29, 1.82) is 0 Å². The van der Waals surface area contributed by atoms with Gasteiger partial charge in [0.2, 0.25) is 0 Å². The predicted molar refractivity (Wildman–Crippen MR) is 147 cm³/mol. The summed E-state index contributed by atoms with van der Waals surface area (Å²) in [5.74, 6) is 1.55. The van der Waals surface area contributed by atoms with Crippen molar-refractivity contribution in [2.45, 2.75) is 59.3 Å². The van der Waals surface area contributed by atoms with Gasteiger partial charge in [0.1, 0.15) is 0 Å². The van der Waals surface area contributed by atoms with Crippen molar-refractivity contribution in [3.05, 3.63) is 147 Å². The van der Waals surface area contributed by atoms with Gasteiger partial charge in [-0.2, -0.15) is 0 Å². The van der Waals surface area contributed by atoms with Crippen LogP contribution in [0.25, 0.3) is 0 Å². The summed E-state index contributed by atoms with van der Waals surface area (Å²) in [5.41, 5.74) is 10.9. The molecule has 0 bridgehead atoms. The molecule has 0 fully saturated rings. The van der Waals surface area contributed by atoms with E-state index in [4.69, 9.17) is 0 Å². The van der Waals surface area contributed by atoms with Gasteiger partial charge in [-0.25, -0.2) is 0 Å². The van der Waals surface area contributed by atoms with Crippen LogP contribution in [0.1, 0.15) is 78.1 Å². The summed E-state index contributed by atoms with van der Waals surface area (Å²) in [6.07, 6.45) is 4.20. The standard InChI is InChI=1S/C34H37/c1-5-25-15-19-29(20-16-25)33(30-21-17-26(6-2)18-22-30)34(31-13-9-11-27(7-3)23-31)32-14-10-12-28(8-4)24-32/h9-24,34H,5-8H2,1-4H3. The van der Waals surface area contributed by atoms with Crippen LogP contribution in [0.5, 0.6) is 0 Å². The Bertz CT molecular complexity index is 1090. The minimum atomic E-state index is 0.165. The highest BCUT2D eigenvalue weighted by molar-refractivity contribution is 5.57. The zero-order valence-electron chi connectivity index (χ0n) is 21.1. The van der Waals surface area contributed by atoms with Crippen molar-refractivity contribution in [1.82, 2.24) is 0 Å². The summed E-state index contributed by atoms with van der Waals surface area (Å²) >= 11 is 0. The molecule has 1 radical (unpaired) electrons.